The highest BCUT2D eigenvalue weighted by atomic mass is 16.3. The first kappa shape index (κ1) is 79.4. The minimum atomic E-state index is 0.894. The molecule has 4 aromatic heterocycles. The third-order valence-electron chi connectivity index (χ3n) is 26.0. The smallest absolute Gasteiger partial charge is 0.136 e. The van der Waals surface area contributed by atoms with Crippen molar-refractivity contribution in [3.05, 3.63) is 522 Å². The summed E-state index contributed by atoms with van der Waals surface area (Å²) in [4.78, 5) is 9.29. The third-order valence-corrected chi connectivity index (χ3v) is 26.0. The Labute approximate surface area is 776 Å². The maximum absolute atomic E-state index is 6.28. The molecule has 0 saturated carbocycles. The Morgan fingerprint density at radius 1 is 0.127 bits per heavy atom. The van der Waals surface area contributed by atoms with Crippen molar-refractivity contribution in [2.24, 2.45) is 0 Å². The number of para-hydroxylation sites is 10. The van der Waals surface area contributed by atoms with E-state index in [4.69, 9.17) is 8.83 Å². The van der Waals surface area contributed by atoms with Crippen LogP contribution in [0.25, 0.3) is 154 Å². The van der Waals surface area contributed by atoms with Crippen molar-refractivity contribution < 1.29 is 8.83 Å². The Kier molecular flexibility index (Phi) is 20.5. The summed E-state index contributed by atoms with van der Waals surface area (Å²) in [6, 6.07) is 186. The van der Waals surface area contributed by atoms with Crippen LogP contribution in [0.2, 0.25) is 0 Å². The Morgan fingerprint density at radius 2 is 0.336 bits per heavy atom. The second kappa shape index (κ2) is 34.6. The van der Waals surface area contributed by atoms with E-state index in [9.17, 15) is 0 Å². The van der Waals surface area contributed by atoms with Gasteiger partial charge in [0.25, 0.3) is 0 Å². The predicted octanol–water partition coefficient (Wildman–Crippen LogP) is 35.6. The van der Waals surface area contributed by atoms with Crippen molar-refractivity contribution in [3.63, 3.8) is 0 Å². The van der Waals surface area contributed by atoms with Gasteiger partial charge < -0.3 is 37.6 Å². The van der Waals surface area contributed by atoms with Gasteiger partial charge in [0.1, 0.15) is 22.3 Å². The van der Waals surface area contributed by atoms with Crippen molar-refractivity contribution in [1.82, 2.24) is 9.13 Å². The molecule has 0 aliphatic rings. The lowest BCUT2D eigenvalue weighted by molar-refractivity contribution is 0.668. The molecule has 0 saturated heterocycles. The Balaban J connectivity index is 0.000000148. The summed E-state index contributed by atoms with van der Waals surface area (Å²) < 4.78 is 17.3. The lowest BCUT2D eigenvalue weighted by atomic mass is 9.99. The molecule has 21 aromatic carbocycles. The van der Waals surface area contributed by atoms with Crippen LogP contribution < -0.4 is 19.6 Å². The van der Waals surface area contributed by atoms with Gasteiger partial charge in [-0.05, 0) is 286 Å². The molecule has 8 heteroatoms. The van der Waals surface area contributed by atoms with Crippen LogP contribution in [0.15, 0.2) is 531 Å². The predicted molar refractivity (Wildman–Crippen MR) is 562 cm³/mol. The number of nitrogens with zero attached hydrogens (tertiary/aromatic N) is 6. The number of rotatable bonds is 19. The quantitative estimate of drug-likeness (QED) is 0.0804. The summed E-state index contributed by atoms with van der Waals surface area (Å²) in [5, 5.41) is 9.46. The molecule has 632 valence electrons. The summed E-state index contributed by atoms with van der Waals surface area (Å²) in [6.45, 7) is 0. The fraction of sp³-hybridized carbons (Fsp3) is 0. The van der Waals surface area contributed by atoms with Crippen LogP contribution in [0.5, 0.6) is 0 Å². The number of aromatic nitrogens is 2. The number of hydrogen-bond acceptors (Lipinski definition) is 6. The molecule has 0 N–H and O–H groups in total. The summed E-state index contributed by atoms with van der Waals surface area (Å²) in [5.41, 5.74) is 35.2. The van der Waals surface area contributed by atoms with Crippen LogP contribution in [-0.4, -0.2) is 9.13 Å². The molecule has 25 aromatic rings. The average molecular weight is 1720 g/mol. The zero-order chi connectivity index (χ0) is 88.8. The van der Waals surface area contributed by atoms with Crippen molar-refractivity contribution in [3.8, 4) is 67.0 Å². The van der Waals surface area contributed by atoms with E-state index < -0.39 is 0 Å². The monoisotopic (exact) mass is 1710 g/mol. The van der Waals surface area contributed by atoms with Crippen molar-refractivity contribution in [1.29, 1.82) is 0 Å². The highest BCUT2D eigenvalue weighted by Crippen LogP contribution is 2.47. The number of hydrogen-bond donors (Lipinski definition) is 0. The van der Waals surface area contributed by atoms with E-state index in [-0.39, 0.29) is 0 Å². The molecule has 0 radical (unpaired) electrons. The van der Waals surface area contributed by atoms with Crippen molar-refractivity contribution in [2.45, 2.75) is 0 Å². The minimum Gasteiger partial charge on any atom is -0.456 e. The van der Waals surface area contributed by atoms with Crippen molar-refractivity contribution in [2.75, 3.05) is 19.6 Å². The van der Waals surface area contributed by atoms with E-state index in [1.807, 2.05) is 24.3 Å². The van der Waals surface area contributed by atoms with Crippen molar-refractivity contribution >= 4 is 156 Å². The van der Waals surface area contributed by atoms with Gasteiger partial charge in [0.05, 0.1) is 22.1 Å². The molecule has 0 unspecified atom stereocenters. The SMILES string of the molecule is c1ccc(N(c2ccccc2)c2ccc(-c3ccc(-c4ccc(N(c5ccc(-c6ccc7c(c6)oc6ccccc67)cc5)c5ccc6c(c5)c5ccccc5n6-c5ccccc5)cc4)cc3)cc2)cc1.c1ccc(N(c2ccccc2)c2ccc(-c3ccc(N(c4ccc(-c5ccc6c(c5)oc5ccccc56)cc4)c4ccc(-n5c6ccccc6c6ccccc65)cc4)cc3)cc2)cc1. The standard InChI is InChI=1S/C66H45N3O.C60H41N3O/c1-4-14-52(15-5-1)67(53-16-6-2-7-17-53)55-35-28-48(29-36-55)46-24-26-47(27-25-46)49-30-37-56(38-31-49)68(57-39-32-50(33-40-57)51-34-42-61-60-21-11-13-23-65(60)70-66(61)44-51)58-41-43-64-62(45-58)59-20-10-12-22-63(59)69(64)54-18-8-3-9-19-54;1-3-13-46(14-4-1)61(47-15-5-2-6-16-47)48-30-23-42(24-31-48)43-25-32-49(33-26-43)62(50-34-27-44(28-35-50)45-29-40-56-55-19-9-12-22-59(55)64-60(56)41-45)51-36-38-52(39-37-51)63-57-20-10-7-17-53(57)54-18-8-11-21-58(54)63/h1-45H;1-41H. The zero-order valence-electron chi connectivity index (χ0n) is 73.2. The summed E-state index contributed by atoms with van der Waals surface area (Å²) in [5.74, 6) is 0. The molecule has 0 bridgehead atoms. The van der Waals surface area contributed by atoms with E-state index in [2.05, 4.69) is 526 Å². The van der Waals surface area contributed by atoms with Gasteiger partial charge in [-0.25, -0.2) is 0 Å². The fourth-order valence-electron chi connectivity index (χ4n) is 19.5. The lowest BCUT2D eigenvalue weighted by Crippen LogP contribution is -2.10. The van der Waals surface area contributed by atoms with Crippen LogP contribution >= 0.6 is 0 Å². The Morgan fingerprint density at radius 3 is 0.664 bits per heavy atom. The van der Waals surface area contributed by atoms with Crippen LogP contribution in [0.1, 0.15) is 0 Å². The van der Waals surface area contributed by atoms with Gasteiger partial charge in [0.15, 0.2) is 0 Å². The molecule has 0 aliphatic heterocycles. The van der Waals surface area contributed by atoms with Gasteiger partial charge in [-0.1, -0.05) is 291 Å². The number of fused-ring (bicyclic) bond motifs is 12. The first-order chi connectivity index (χ1) is 66.4. The van der Waals surface area contributed by atoms with Gasteiger partial charge in [-0.15, -0.1) is 0 Å². The molecule has 25 rings (SSSR count). The molecule has 8 nitrogen and oxygen atoms in total. The van der Waals surface area contributed by atoms with Gasteiger partial charge in [-0.2, -0.15) is 0 Å². The van der Waals surface area contributed by atoms with E-state index >= 15 is 0 Å². The number of furan rings is 2. The molecular formula is C126H86N6O2. The largest absolute Gasteiger partial charge is 0.456 e. The number of benzene rings is 21. The Hall–Kier alpha value is -18.0. The second-order valence-electron chi connectivity index (χ2n) is 33.9. The second-order valence-corrected chi connectivity index (χ2v) is 33.9. The highest BCUT2D eigenvalue weighted by Gasteiger charge is 2.23. The summed E-state index contributed by atoms with van der Waals surface area (Å²) in [6.07, 6.45) is 0. The number of anilines is 12. The molecule has 0 atom stereocenters. The van der Waals surface area contributed by atoms with Crippen LogP contribution in [0.4, 0.5) is 68.2 Å². The lowest BCUT2D eigenvalue weighted by Gasteiger charge is -2.26. The van der Waals surface area contributed by atoms with Gasteiger partial charge in [-0.3, -0.25) is 0 Å². The molecular weight excluding hydrogens is 1630 g/mol. The maximum atomic E-state index is 6.28. The zero-order valence-corrected chi connectivity index (χ0v) is 73.2. The molecule has 0 fully saturated rings. The normalized spacial score (nSPS) is 11.4. The fourth-order valence-corrected chi connectivity index (χ4v) is 19.5. The van der Waals surface area contributed by atoms with Gasteiger partial charge >= 0.3 is 0 Å². The van der Waals surface area contributed by atoms with Crippen LogP contribution in [-0.2, 0) is 0 Å². The molecule has 0 aliphatic carbocycles. The van der Waals surface area contributed by atoms with Gasteiger partial charge in [0, 0.05) is 123 Å². The topological polar surface area (TPSA) is 49.1 Å². The molecule has 0 spiro atoms. The van der Waals surface area contributed by atoms with E-state index in [0.29, 0.717) is 0 Å². The first-order valence-electron chi connectivity index (χ1n) is 45.6. The van der Waals surface area contributed by atoms with E-state index in [1.54, 1.807) is 0 Å². The van der Waals surface area contributed by atoms with E-state index in [1.165, 1.54) is 60.3 Å². The van der Waals surface area contributed by atoms with Crippen LogP contribution in [0.3, 0.4) is 0 Å². The highest BCUT2D eigenvalue weighted by molar-refractivity contribution is 6.12. The minimum absolute atomic E-state index is 0.894. The average Bonchev–Trinajstić information content (AvgIpc) is 1.58. The van der Waals surface area contributed by atoms with Crippen LogP contribution in [0, 0.1) is 0 Å². The third kappa shape index (κ3) is 15.0. The first-order valence-corrected chi connectivity index (χ1v) is 45.6. The molecule has 0 amide bonds. The molecule has 134 heavy (non-hydrogen) atoms. The Bertz CT molecular complexity index is 8410. The summed E-state index contributed by atoms with van der Waals surface area (Å²) in [7, 11) is 0. The molecule has 4 heterocycles. The maximum Gasteiger partial charge on any atom is 0.136 e. The van der Waals surface area contributed by atoms with Gasteiger partial charge in [0.2, 0.25) is 0 Å². The summed E-state index contributed by atoms with van der Waals surface area (Å²) >= 11 is 0. The van der Waals surface area contributed by atoms with E-state index in [0.717, 1.165) is 162 Å².